The quantitative estimate of drug-likeness (QED) is 0.237. The fourth-order valence-corrected chi connectivity index (χ4v) is 6.89. The van der Waals surface area contributed by atoms with Crippen molar-refractivity contribution in [2.45, 2.75) is 77.0 Å². The van der Waals surface area contributed by atoms with E-state index in [0.29, 0.717) is 24.2 Å². The fraction of sp³-hybridized carbons (Fsp3) is 0.621. The smallest absolute Gasteiger partial charge is 0.314 e. The van der Waals surface area contributed by atoms with E-state index in [2.05, 4.69) is 19.2 Å². The van der Waals surface area contributed by atoms with Crippen LogP contribution in [0.5, 0.6) is 5.75 Å². The zero-order valence-electron chi connectivity index (χ0n) is 19.7. The Morgan fingerprint density at radius 2 is 1.64 bits per heavy atom. The van der Waals surface area contributed by atoms with Gasteiger partial charge in [-0.1, -0.05) is 25.0 Å². The lowest BCUT2D eigenvalue weighted by Crippen LogP contribution is -2.40. The van der Waals surface area contributed by atoms with E-state index in [9.17, 15) is 13.6 Å². The topological polar surface area (TPSA) is 26.3 Å². The normalized spacial score (nSPS) is 31.9. The van der Waals surface area contributed by atoms with Gasteiger partial charge in [-0.2, -0.15) is 0 Å². The van der Waals surface area contributed by atoms with Crippen LogP contribution in [0.4, 0.5) is 8.78 Å². The van der Waals surface area contributed by atoms with Crippen molar-refractivity contribution in [2.75, 3.05) is 0 Å². The van der Waals surface area contributed by atoms with Gasteiger partial charge in [-0.05, 0) is 93.8 Å². The summed E-state index contributed by atoms with van der Waals surface area (Å²) in [7, 11) is 0. The molecule has 4 unspecified atom stereocenters. The Labute approximate surface area is 197 Å². The number of carbonyl (C=O) groups excluding carboxylic acids is 1. The van der Waals surface area contributed by atoms with Crippen LogP contribution in [0, 0.1) is 47.1 Å². The molecule has 0 amide bonds. The first-order chi connectivity index (χ1) is 16.0. The van der Waals surface area contributed by atoms with E-state index in [-0.39, 0.29) is 29.6 Å². The Balaban J connectivity index is 1.37. The number of ether oxygens (including phenoxy) is 1. The van der Waals surface area contributed by atoms with Crippen molar-refractivity contribution < 1.29 is 18.3 Å². The van der Waals surface area contributed by atoms with Gasteiger partial charge in [0.1, 0.15) is 17.4 Å². The third-order valence-corrected chi connectivity index (χ3v) is 8.74. The highest BCUT2D eigenvalue weighted by Gasteiger charge is 2.43. The largest absolute Gasteiger partial charge is 0.426 e. The second-order valence-electron chi connectivity index (χ2n) is 10.6. The van der Waals surface area contributed by atoms with Crippen molar-refractivity contribution in [1.29, 1.82) is 0 Å². The minimum Gasteiger partial charge on any atom is -0.426 e. The number of hydrogen-bond acceptors (Lipinski definition) is 2. The molecule has 3 aliphatic carbocycles. The van der Waals surface area contributed by atoms with E-state index in [1.54, 1.807) is 6.08 Å². The van der Waals surface area contributed by atoms with Crippen molar-refractivity contribution in [3.8, 4) is 5.75 Å². The molecule has 3 saturated carbocycles. The number of allylic oxidation sites excluding steroid dienone is 2. The Bertz CT molecular complexity index is 832. The molecule has 180 valence electrons. The van der Waals surface area contributed by atoms with Crippen molar-refractivity contribution in [1.82, 2.24) is 0 Å². The summed E-state index contributed by atoms with van der Waals surface area (Å²) in [6.07, 6.45) is 16.2. The summed E-state index contributed by atoms with van der Waals surface area (Å²) >= 11 is 0. The summed E-state index contributed by atoms with van der Waals surface area (Å²) in [6.45, 7) is 7.56. The lowest BCUT2D eigenvalue weighted by molar-refractivity contribution is -0.144. The average molecular weight is 457 g/mol. The first-order valence-corrected chi connectivity index (χ1v) is 12.9. The zero-order valence-corrected chi connectivity index (χ0v) is 19.7. The van der Waals surface area contributed by atoms with E-state index >= 15 is 0 Å². The number of carbonyl (C=O) groups is 1. The molecule has 0 bridgehead atoms. The molecule has 4 heteroatoms. The Hall–Kier alpha value is -1.97. The maximum atomic E-state index is 14.4. The molecule has 3 aliphatic rings. The Morgan fingerprint density at radius 3 is 2.30 bits per heavy atom. The van der Waals surface area contributed by atoms with Crippen molar-refractivity contribution in [3.63, 3.8) is 0 Å². The zero-order chi connectivity index (χ0) is 23.4. The van der Waals surface area contributed by atoms with Gasteiger partial charge in [-0.3, -0.25) is 4.79 Å². The second-order valence-corrected chi connectivity index (χ2v) is 10.6. The minimum atomic E-state index is -0.659. The van der Waals surface area contributed by atoms with E-state index < -0.39 is 11.6 Å². The fourth-order valence-electron chi connectivity index (χ4n) is 6.89. The molecule has 2 nitrogen and oxygen atoms in total. The second kappa shape index (κ2) is 11.0. The molecule has 0 heterocycles. The van der Waals surface area contributed by atoms with Gasteiger partial charge < -0.3 is 4.74 Å². The molecule has 0 spiro atoms. The molecule has 33 heavy (non-hydrogen) atoms. The van der Waals surface area contributed by atoms with E-state index in [1.807, 2.05) is 0 Å². The van der Waals surface area contributed by atoms with E-state index in [1.165, 1.54) is 44.9 Å². The average Bonchev–Trinajstić information content (AvgIpc) is 2.83. The van der Waals surface area contributed by atoms with Crippen LogP contribution in [-0.4, -0.2) is 5.97 Å². The summed E-state index contributed by atoms with van der Waals surface area (Å²) in [6, 6.07) is 2.30. The van der Waals surface area contributed by atoms with Crippen LogP contribution in [0.15, 0.2) is 37.4 Å². The Morgan fingerprint density at radius 1 is 0.939 bits per heavy atom. The SMILES string of the molecule is C=CCCc1c(F)cc(OC(=O)C2CCCC3CC(C4CCC(C=C)CC4)CCC32)cc1F. The summed E-state index contributed by atoms with van der Waals surface area (Å²) in [5, 5.41) is 0. The maximum Gasteiger partial charge on any atom is 0.314 e. The van der Waals surface area contributed by atoms with Gasteiger partial charge in [0.2, 0.25) is 0 Å². The molecule has 1 aromatic rings. The highest BCUT2D eigenvalue weighted by Crippen LogP contribution is 2.50. The van der Waals surface area contributed by atoms with Gasteiger partial charge in [0.15, 0.2) is 0 Å². The lowest BCUT2D eigenvalue weighted by Gasteiger charge is -2.45. The minimum absolute atomic E-state index is 0.0212. The first-order valence-electron chi connectivity index (χ1n) is 12.9. The number of fused-ring (bicyclic) bond motifs is 1. The molecule has 0 N–H and O–H groups in total. The number of esters is 1. The van der Waals surface area contributed by atoms with Crippen molar-refractivity contribution >= 4 is 5.97 Å². The predicted octanol–water partition coefficient (Wildman–Crippen LogP) is 7.81. The summed E-state index contributed by atoms with van der Waals surface area (Å²) in [5.41, 5.74) is 0.0212. The predicted molar refractivity (Wildman–Crippen MR) is 128 cm³/mol. The highest BCUT2D eigenvalue weighted by molar-refractivity contribution is 5.75. The van der Waals surface area contributed by atoms with Gasteiger partial charge in [0.05, 0.1) is 5.92 Å². The van der Waals surface area contributed by atoms with E-state index in [4.69, 9.17) is 4.74 Å². The van der Waals surface area contributed by atoms with Crippen LogP contribution in [0.3, 0.4) is 0 Å². The van der Waals surface area contributed by atoms with Crippen LogP contribution in [0.1, 0.15) is 76.2 Å². The molecule has 1 aromatic carbocycles. The number of benzene rings is 1. The van der Waals surface area contributed by atoms with Gasteiger partial charge in [0, 0.05) is 17.7 Å². The van der Waals surface area contributed by atoms with Crippen LogP contribution in [0.25, 0.3) is 0 Å². The summed E-state index contributed by atoms with van der Waals surface area (Å²) in [5.74, 6) is 1.39. The molecule has 0 aromatic heterocycles. The third kappa shape index (κ3) is 5.58. The molecular formula is C29H38F2O2. The first kappa shape index (κ1) is 24.2. The number of hydrogen-bond donors (Lipinski definition) is 0. The summed E-state index contributed by atoms with van der Waals surface area (Å²) in [4.78, 5) is 13.1. The van der Waals surface area contributed by atoms with Crippen LogP contribution in [0.2, 0.25) is 0 Å². The van der Waals surface area contributed by atoms with Crippen LogP contribution >= 0.6 is 0 Å². The number of halogens is 2. The third-order valence-electron chi connectivity index (χ3n) is 8.74. The van der Waals surface area contributed by atoms with Gasteiger partial charge in [-0.15, -0.1) is 13.2 Å². The molecule has 0 aliphatic heterocycles. The molecule has 0 radical (unpaired) electrons. The van der Waals surface area contributed by atoms with Crippen molar-refractivity contribution in [3.05, 3.63) is 54.6 Å². The monoisotopic (exact) mass is 456 g/mol. The number of rotatable bonds is 7. The van der Waals surface area contributed by atoms with Gasteiger partial charge in [0.25, 0.3) is 0 Å². The van der Waals surface area contributed by atoms with E-state index in [0.717, 1.165) is 43.2 Å². The van der Waals surface area contributed by atoms with Crippen LogP contribution < -0.4 is 4.74 Å². The van der Waals surface area contributed by atoms with Gasteiger partial charge >= 0.3 is 5.97 Å². The maximum absolute atomic E-state index is 14.4. The molecule has 4 atom stereocenters. The highest BCUT2D eigenvalue weighted by atomic mass is 19.1. The lowest BCUT2D eigenvalue weighted by atomic mass is 9.59. The molecule has 3 fully saturated rings. The van der Waals surface area contributed by atoms with Gasteiger partial charge in [-0.25, -0.2) is 8.78 Å². The standard InChI is InChI=1S/C29H38F2O2/c1-3-5-8-26-27(30)17-23(18-28(26)31)33-29(32)25-9-6-7-22-16-21(14-15-24(22)25)20-12-10-19(4-2)11-13-20/h3-4,17-22,24-25H,1-2,5-16H2. The summed E-state index contributed by atoms with van der Waals surface area (Å²) < 4.78 is 34.3. The Kier molecular flexibility index (Phi) is 8.03. The molecular weight excluding hydrogens is 418 g/mol. The van der Waals surface area contributed by atoms with Crippen molar-refractivity contribution in [2.24, 2.45) is 35.5 Å². The molecule has 0 saturated heterocycles. The molecule has 4 rings (SSSR count). The van der Waals surface area contributed by atoms with Crippen LogP contribution in [-0.2, 0) is 11.2 Å².